The third kappa shape index (κ3) is 3.64. The molecule has 4 rings (SSSR count). The minimum absolute atomic E-state index is 0.00127. The third-order valence-corrected chi connectivity index (χ3v) is 5.51. The number of alkyl halides is 2. The molecular weight excluding hydrogens is 368 g/mol. The molecule has 1 saturated heterocycles. The summed E-state index contributed by atoms with van der Waals surface area (Å²) in [5, 5.41) is 6.30. The first-order valence-corrected chi connectivity index (χ1v) is 9.28. The lowest BCUT2D eigenvalue weighted by atomic mass is 9.79. The fourth-order valence-corrected chi connectivity index (χ4v) is 4.25. The number of benzene rings is 1. The number of carbonyl (C=O) groups is 1. The molecule has 1 aromatic carbocycles. The summed E-state index contributed by atoms with van der Waals surface area (Å²) in [4.78, 5) is 25.0. The Hall–Kier alpha value is -2.74. The molecule has 6 nitrogen and oxygen atoms in total. The number of nitrogens with one attached hydrogen (secondary N) is 2. The van der Waals surface area contributed by atoms with E-state index in [0.717, 1.165) is 25.2 Å². The Kier molecular flexibility index (Phi) is 5.13. The summed E-state index contributed by atoms with van der Waals surface area (Å²) in [6.45, 7) is -0.925. The SMILES string of the molecule is O=C(NC[C@H]1[C@@H]2CNC[C@@H](C2)c2cccc(=O)n21)c1ccc(OC(F)F)cc1. The average molecular weight is 389 g/mol. The molecule has 3 heterocycles. The highest BCUT2D eigenvalue weighted by atomic mass is 19.3. The van der Waals surface area contributed by atoms with Gasteiger partial charge in [0.2, 0.25) is 0 Å². The number of hydrogen-bond donors (Lipinski definition) is 2. The molecule has 2 N–H and O–H groups in total. The standard InChI is InChI=1S/C20H21F2N3O3/c21-20(22)28-15-6-4-12(5-7-15)19(27)24-11-17-14-8-13(9-23-10-14)16-2-1-3-18(26)25(16)17/h1-7,13-14,17,20,23H,8-11H2,(H,24,27)/t13-,14+,17+/m1/s1. The molecule has 2 aliphatic rings. The van der Waals surface area contributed by atoms with Crippen LogP contribution in [0.2, 0.25) is 0 Å². The summed E-state index contributed by atoms with van der Waals surface area (Å²) in [6.07, 6.45) is 0.983. The largest absolute Gasteiger partial charge is 0.435 e. The molecule has 1 amide bonds. The molecule has 0 spiro atoms. The van der Waals surface area contributed by atoms with Gasteiger partial charge in [0, 0.05) is 42.9 Å². The van der Waals surface area contributed by atoms with Crippen LogP contribution in [0.1, 0.15) is 34.4 Å². The first-order chi connectivity index (χ1) is 13.5. The van der Waals surface area contributed by atoms with Crippen molar-refractivity contribution in [2.75, 3.05) is 19.6 Å². The number of nitrogens with zero attached hydrogens (tertiary/aromatic N) is 1. The molecule has 0 unspecified atom stereocenters. The first-order valence-electron chi connectivity index (χ1n) is 9.28. The summed E-state index contributed by atoms with van der Waals surface area (Å²) in [5.41, 5.74) is 1.29. The van der Waals surface area contributed by atoms with Crippen LogP contribution in [0.15, 0.2) is 47.3 Å². The van der Waals surface area contributed by atoms with Crippen LogP contribution in [0.4, 0.5) is 8.78 Å². The van der Waals surface area contributed by atoms with Crippen LogP contribution < -0.4 is 20.9 Å². The molecule has 28 heavy (non-hydrogen) atoms. The summed E-state index contributed by atoms with van der Waals surface area (Å²) in [7, 11) is 0. The number of piperidine rings is 1. The maximum absolute atomic E-state index is 12.5. The summed E-state index contributed by atoms with van der Waals surface area (Å²) in [5.74, 6) is 0.245. The second kappa shape index (κ2) is 7.71. The fourth-order valence-electron chi connectivity index (χ4n) is 4.25. The Morgan fingerprint density at radius 2 is 2.00 bits per heavy atom. The van der Waals surface area contributed by atoms with Gasteiger partial charge in [-0.1, -0.05) is 6.07 Å². The number of ether oxygens (including phenoxy) is 1. The lowest BCUT2D eigenvalue weighted by Crippen LogP contribution is -2.50. The Balaban J connectivity index is 1.49. The monoisotopic (exact) mass is 389 g/mol. The Morgan fingerprint density at radius 3 is 2.75 bits per heavy atom. The van der Waals surface area contributed by atoms with Crippen LogP contribution >= 0.6 is 0 Å². The van der Waals surface area contributed by atoms with Gasteiger partial charge in [-0.3, -0.25) is 9.59 Å². The highest BCUT2D eigenvalue weighted by Gasteiger charge is 2.37. The zero-order valence-corrected chi connectivity index (χ0v) is 15.1. The minimum Gasteiger partial charge on any atom is -0.435 e. The van der Waals surface area contributed by atoms with Gasteiger partial charge in [-0.25, -0.2) is 0 Å². The molecule has 3 atom stereocenters. The number of rotatable bonds is 5. The number of carbonyl (C=O) groups excluding carboxylic acids is 1. The van der Waals surface area contributed by atoms with Crippen LogP contribution in [-0.2, 0) is 0 Å². The highest BCUT2D eigenvalue weighted by Crippen LogP contribution is 2.38. The highest BCUT2D eigenvalue weighted by molar-refractivity contribution is 5.94. The van der Waals surface area contributed by atoms with Crippen LogP contribution in [0.25, 0.3) is 0 Å². The van der Waals surface area contributed by atoms with E-state index < -0.39 is 6.61 Å². The van der Waals surface area contributed by atoms with Gasteiger partial charge in [0.05, 0.1) is 6.04 Å². The molecular formula is C20H21F2N3O3. The molecule has 2 aliphatic heterocycles. The maximum Gasteiger partial charge on any atom is 0.387 e. The van der Waals surface area contributed by atoms with E-state index in [-0.39, 0.29) is 29.2 Å². The van der Waals surface area contributed by atoms with Crippen molar-refractivity contribution in [2.45, 2.75) is 25.0 Å². The normalized spacial score (nSPS) is 23.2. The molecule has 8 heteroatoms. The second-order valence-electron chi connectivity index (χ2n) is 7.19. The zero-order chi connectivity index (χ0) is 19.7. The zero-order valence-electron chi connectivity index (χ0n) is 15.1. The van der Waals surface area contributed by atoms with Crippen molar-refractivity contribution < 1.29 is 18.3 Å². The van der Waals surface area contributed by atoms with E-state index in [9.17, 15) is 18.4 Å². The van der Waals surface area contributed by atoms with E-state index in [1.165, 1.54) is 24.3 Å². The van der Waals surface area contributed by atoms with Gasteiger partial charge in [-0.2, -0.15) is 8.78 Å². The van der Waals surface area contributed by atoms with Gasteiger partial charge in [0.1, 0.15) is 5.75 Å². The van der Waals surface area contributed by atoms with E-state index in [1.807, 2.05) is 10.6 Å². The Bertz CT molecular complexity index is 914. The van der Waals surface area contributed by atoms with E-state index in [4.69, 9.17) is 0 Å². The molecule has 0 radical (unpaired) electrons. The summed E-state index contributed by atoms with van der Waals surface area (Å²) in [6, 6.07) is 10.7. The van der Waals surface area contributed by atoms with Crippen molar-refractivity contribution >= 4 is 5.91 Å². The predicted molar refractivity (Wildman–Crippen MR) is 98.9 cm³/mol. The number of aromatic nitrogens is 1. The fraction of sp³-hybridized carbons (Fsp3) is 0.400. The lowest BCUT2D eigenvalue weighted by molar-refractivity contribution is -0.0498. The van der Waals surface area contributed by atoms with Gasteiger partial charge in [-0.15, -0.1) is 0 Å². The van der Waals surface area contributed by atoms with Crippen molar-refractivity contribution in [3.8, 4) is 5.75 Å². The minimum atomic E-state index is -2.91. The van der Waals surface area contributed by atoms with E-state index in [0.29, 0.717) is 18.0 Å². The molecule has 148 valence electrons. The third-order valence-electron chi connectivity index (χ3n) is 5.51. The van der Waals surface area contributed by atoms with Crippen molar-refractivity contribution in [1.82, 2.24) is 15.2 Å². The van der Waals surface area contributed by atoms with E-state index in [2.05, 4.69) is 15.4 Å². The average Bonchev–Trinajstić information content (AvgIpc) is 2.68. The van der Waals surface area contributed by atoms with Crippen molar-refractivity contribution in [1.29, 1.82) is 0 Å². The number of hydrogen-bond acceptors (Lipinski definition) is 4. The van der Waals surface area contributed by atoms with Crippen LogP contribution in [0, 0.1) is 5.92 Å². The van der Waals surface area contributed by atoms with Crippen molar-refractivity contribution in [3.05, 3.63) is 64.1 Å². The van der Waals surface area contributed by atoms with Crippen molar-refractivity contribution in [3.63, 3.8) is 0 Å². The number of pyridine rings is 1. The summed E-state index contributed by atoms with van der Waals surface area (Å²) < 4.78 is 30.6. The molecule has 1 fully saturated rings. The molecule has 1 aromatic heterocycles. The molecule has 0 saturated carbocycles. The Labute approximate surface area is 160 Å². The molecule has 0 aliphatic carbocycles. The smallest absolute Gasteiger partial charge is 0.387 e. The molecule has 2 bridgehead atoms. The topological polar surface area (TPSA) is 72.4 Å². The second-order valence-corrected chi connectivity index (χ2v) is 7.19. The van der Waals surface area contributed by atoms with Gasteiger partial charge >= 0.3 is 6.61 Å². The number of fused-ring (bicyclic) bond motifs is 4. The lowest BCUT2D eigenvalue weighted by Gasteiger charge is -2.43. The van der Waals surface area contributed by atoms with Gasteiger partial charge in [0.15, 0.2) is 0 Å². The number of amides is 1. The van der Waals surface area contributed by atoms with Crippen LogP contribution in [-0.4, -0.2) is 36.7 Å². The molecule has 2 aromatic rings. The quantitative estimate of drug-likeness (QED) is 0.822. The predicted octanol–water partition coefficient (Wildman–Crippen LogP) is 2.13. The van der Waals surface area contributed by atoms with Crippen LogP contribution in [0.3, 0.4) is 0 Å². The maximum atomic E-state index is 12.5. The van der Waals surface area contributed by atoms with Crippen molar-refractivity contribution in [2.24, 2.45) is 5.92 Å². The van der Waals surface area contributed by atoms with Gasteiger partial charge in [-0.05, 0) is 42.7 Å². The van der Waals surface area contributed by atoms with E-state index in [1.54, 1.807) is 12.1 Å². The first kappa shape index (κ1) is 18.6. The van der Waals surface area contributed by atoms with Gasteiger partial charge < -0.3 is 19.9 Å². The number of halogens is 2. The summed E-state index contributed by atoms with van der Waals surface area (Å²) >= 11 is 0. The van der Waals surface area contributed by atoms with E-state index >= 15 is 0 Å². The van der Waals surface area contributed by atoms with Crippen LogP contribution in [0.5, 0.6) is 5.75 Å². The Morgan fingerprint density at radius 1 is 1.21 bits per heavy atom. The van der Waals surface area contributed by atoms with Gasteiger partial charge in [0.25, 0.3) is 11.5 Å².